The summed E-state index contributed by atoms with van der Waals surface area (Å²) >= 11 is 3.85. The van der Waals surface area contributed by atoms with Gasteiger partial charge in [-0.1, -0.05) is 51.1 Å². The first-order chi connectivity index (χ1) is 7.85. The summed E-state index contributed by atoms with van der Waals surface area (Å²) in [7, 11) is 0. The topological polar surface area (TPSA) is 34.1 Å². The van der Waals surface area contributed by atoms with Gasteiger partial charge in [0.2, 0.25) is 0 Å². The summed E-state index contributed by atoms with van der Waals surface area (Å²) in [5.74, 6) is -0.253. The van der Waals surface area contributed by atoms with E-state index in [2.05, 4.69) is 12.6 Å². The van der Waals surface area contributed by atoms with Crippen molar-refractivity contribution in [1.29, 1.82) is 0 Å². The lowest BCUT2D eigenvalue weighted by atomic mass is 9.77. The van der Waals surface area contributed by atoms with Crippen molar-refractivity contribution < 1.29 is 9.59 Å². The first-order valence-electron chi connectivity index (χ1n) is 5.65. The molecule has 3 heteroatoms. The van der Waals surface area contributed by atoms with E-state index >= 15 is 0 Å². The molecule has 1 aromatic rings. The fourth-order valence-corrected chi connectivity index (χ4v) is 1.73. The summed E-state index contributed by atoms with van der Waals surface area (Å²) in [6.07, 6.45) is 0.368. The van der Waals surface area contributed by atoms with Gasteiger partial charge in [0.15, 0.2) is 5.12 Å². The van der Waals surface area contributed by atoms with Crippen LogP contribution in [0.2, 0.25) is 0 Å². The second-order valence-electron chi connectivity index (χ2n) is 4.88. The number of rotatable bonds is 5. The quantitative estimate of drug-likeness (QED) is 0.815. The van der Waals surface area contributed by atoms with Crippen molar-refractivity contribution in [2.45, 2.75) is 27.2 Å². The Morgan fingerprint density at radius 3 is 2.24 bits per heavy atom. The number of hydrogen-bond donors (Lipinski definition) is 1. The highest BCUT2D eigenvalue weighted by molar-refractivity contribution is 7.96. The third kappa shape index (κ3) is 3.43. The molecule has 0 bridgehead atoms. The Hall–Kier alpha value is -1.09. The predicted octanol–water partition coefficient (Wildman–Crippen LogP) is 2.92. The summed E-state index contributed by atoms with van der Waals surface area (Å²) in [6.45, 7) is 5.31. The van der Waals surface area contributed by atoms with E-state index in [9.17, 15) is 9.59 Å². The van der Waals surface area contributed by atoms with Crippen LogP contribution in [0.3, 0.4) is 0 Å². The summed E-state index contributed by atoms with van der Waals surface area (Å²) in [6, 6.07) is 9.56. The van der Waals surface area contributed by atoms with Crippen molar-refractivity contribution in [1.82, 2.24) is 0 Å². The smallest absolute Gasteiger partial charge is 0.192 e. The molecule has 0 spiro atoms. The van der Waals surface area contributed by atoms with Crippen molar-refractivity contribution in [2.75, 3.05) is 0 Å². The summed E-state index contributed by atoms with van der Waals surface area (Å²) in [5.41, 5.74) is 0.265. The van der Waals surface area contributed by atoms with Gasteiger partial charge in [-0.2, -0.15) is 0 Å². The molecule has 1 unspecified atom stereocenters. The zero-order valence-electron chi connectivity index (χ0n) is 10.4. The largest absolute Gasteiger partial charge is 0.299 e. The van der Waals surface area contributed by atoms with Gasteiger partial charge in [-0.25, -0.2) is 0 Å². The fourth-order valence-electron chi connectivity index (χ4n) is 1.54. The van der Waals surface area contributed by atoms with Crippen LogP contribution in [0.15, 0.2) is 30.3 Å². The SMILES string of the molecule is CC(C(=O)Cc1ccccc1)C(C)(C)C(=O)S. The number of ketones is 1. The van der Waals surface area contributed by atoms with Crippen molar-refractivity contribution in [3.8, 4) is 0 Å². The molecule has 0 aromatic heterocycles. The molecule has 1 rings (SSSR count). The van der Waals surface area contributed by atoms with E-state index < -0.39 is 5.41 Å². The lowest BCUT2D eigenvalue weighted by Crippen LogP contribution is -2.34. The van der Waals surface area contributed by atoms with E-state index in [0.717, 1.165) is 5.56 Å². The van der Waals surface area contributed by atoms with Crippen molar-refractivity contribution in [3.63, 3.8) is 0 Å². The Bertz CT molecular complexity index is 409. The molecule has 0 heterocycles. The van der Waals surface area contributed by atoms with Gasteiger partial charge in [-0.05, 0) is 5.56 Å². The second-order valence-corrected chi connectivity index (χ2v) is 5.28. The predicted molar refractivity (Wildman–Crippen MR) is 72.1 cm³/mol. The number of thiol groups is 1. The Morgan fingerprint density at radius 2 is 1.76 bits per heavy atom. The number of hydrogen-bond acceptors (Lipinski definition) is 2. The Kier molecular flexibility index (Phi) is 4.52. The van der Waals surface area contributed by atoms with Crippen LogP contribution in [0.1, 0.15) is 26.3 Å². The van der Waals surface area contributed by atoms with Crippen LogP contribution in [0.4, 0.5) is 0 Å². The van der Waals surface area contributed by atoms with Gasteiger partial charge in [-0.3, -0.25) is 9.59 Å². The molecule has 1 aromatic carbocycles. The Balaban J connectivity index is 2.75. The Morgan fingerprint density at radius 1 is 1.24 bits per heavy atom. The maximum Gasteiger partial charge on any atom is 0.192 e. The van der Waals surface area contributed by atoms with Crippen molar-refractivity contribution in [2.24, 2.45) is 11.3 Å². The average Bonchev–Trinajstić information content (AvgIpc) is 2.29. The number of benzene rings is 1. The fraction of sp³-hybridized carbons (Fsp3) is 0.429. The zero-order valence-corrected chi connectivity index (χ0v) is 11.3. The average molecular weight is 250 g/mol. The van der Waals surface area contributed by atoms with Crippen LogP contribution in [0.5, 0.6) is 0 Å². The molecule has 0 saturated heterocycles. The zero-order chi connectivity index (χ0) is 13.1. The molecule has 2 nitrogen and oxygen atoms in total. The highest BCUT2D eigenvalue weighted by Gasteiger charge is 2.35. The van der Waals surface area contributed by atoms with Crippen LogP contribution < -0.4 is 0 Å². The van der Waals surface area contributed by atoms with Crippen LogP contribution in [0, 0.1) is 11.3 Å². The molecule has 92 valence electrons. The lowest BCUT2D eigenvalue weighted by Gasteiger charge is -2.27. The first-order valence-corrected chi connectivity index (χ1v) is 6.10. The molecule has 0 aliphatic rings. The standard InChI is InChI=1S/C14H18O2S/c1-10(14(2,3)13(16)17)12(15)9-11-7-5-4-6-8-11/h4-8,10H,9H2,1-3H3,(H,16,17). The minimum Gasteiger partial charge on any atom is -0.299 e. The van der Waals surface area contributed by atoms with Gasteiger partial charge in [0.1, 0.15) is 5.78 Å². The molecule has 0 aliphatic carbocycles. The summed E-state index contributed by atoms with van der Waals surface area (Å²) in [4.78, 5) is 23.5. The molecular formula is C14H18O2S. The third-order valence-electron chi connectivity index (χ3n) is 3.34. The van der Waals surface area contributed by atoms with Gasteiger partial charge < -0.3 is 0 Å². The molecule has 0 radical (unpaired) electrons. The van der Waals surface area contributed by atoms with Crippen LogP contribution in [0.25, 0.3) is 0 Å². The number of Topliss-reactive ketones (excluding diaryl/α,β-unsaturated/α-hetero) is 1. The highest BCUT2D eigenvalue weighted by Crippen LogP contribution is 2.30. The van der Waals surface area contributed by atoms with E-state index in [1.807, 2.05) is 30.3 Å². The molecule has 0 saturated carbocycles. The Labute approximate surface area is 108 Å². The monoisotopic (exact) mass is 250 g/mol. The minimum absolute atomic E-state index is 0.0728. The normalized spacial score (nSPS) is 13.2. The lowest BCUT2D eigenvalue weighted by molar-refractivity contribution is -0.131. The van der Waals surface area contributed by atoms with E-state index in [1.165, 1.54) is 0 Å². The van der Waals surface area contributed by atoms with Crippen LogP contribution in [-0.4, -0.2) is 10.9 Å². The summed E-state index contributed by atoms with van der Waals surface area (Å²) in [5, 5.41) is -0.244. The minimum atomic E-state index is -0.713. The van der Waals surface area contributed by atoms with E-state index in [-0.39, 0.29) is 16.8 Å². The highest BCUT2D eigenvalue weighted by atomic mass is 32.1. The van der Waals surface area contributed by atoms with Gasteiger partial charge in [0.25, 0.3) is 0 Å². The maximum atomic E-state index is 12.1. The molecule has 1 atom stereocenters. The van der Waals surface area contributed by atoms with Gasteiger partial charge >= 0.3 is 0 Å². The molecule has 0 fully saturated rings. The third-order valence-corrected chi connectivity index (χ3v) is 3.91. The molecule has 0 N–H and O–H groups in total. The van der Waals surface area contributed by atoms with E-state index in [1.54, 1.807) is 20.8 Å². The van der Waals surface area contributed by atoms with E-state index in [0.29, 0.717) is 6.42 Å². The first kappa shape index (κ1) is 14.0. The molecular weight excluding hydrogens is 232 g/mol. The van der Waals surface area contributed by atoms with Gasteiger partial charge in [0.05, 0.1) is 0 Å². The molecule has 0 amide bonds. The van der Waals surface area contributed by atoms with Crippen LogP contribution >= 0.6 is 12.6 Å². The maximum absolute atomic E-state index is 12.1. The molecule has 17 heavy (non-hydrogen) atoms. The van der Waals surface area contributed by atoms with Crippen LogP contribution in [-0.2, 0) is 16.0 Å². The second kappa shape index (κ2) is 5.50. The van der Waals surface area contributed by atoms with Crippen molar-refractivity contribution in [3.05, 3.63) is 35.9 Å². The van der Waals surface area contributed by atoms with Crippen molar-refractivity contribution >= 4 is 23.5 Å². The summed E-state index contributed by atoms with van der Waals surface area (Å²) < 4.78 is 0. The number of carbonyl (C=O) groups excluding carboxylic acids is 2. The van der Waals surface area contributed by atoms with E-state index in [4.69, 9.17) is 0 Å². The van der Waals surface area contributed by atoms with Gasteiger partial charge in [-0.15, -0.1) is 12.6 Å². The number of carbonyl (C=O) groups is 2. The van der Waals surface area contributed by atoms with Gasteiger partial charge in [0, 0.05) is 17.8 Å². The molecule has 0 aliphatic heterocycles.